The molecule has 2 atom stereocenters. The minimum absolute atomic E-state index is 0.209. The summed E-state index contributed by atoms with van der Waals surface area (Å²) in [6, 6.07) is 30.5. The first kappa shape index (κ1) is 36.3. The Morgan fingerprint density at radius 1 is 0.833 bits per heavy atom. The topological polar surface area (TPSA) is 95.7 Å². The largest absolute Gasteiger partial charge is 0.354 e. The maximum absolute atomic E-state index is 14.6. The second kappa shape index (κ2) is 17.6. The van der Waals surface area contributed by atoms with Gasteiger partial charge in [0.2, 0.25) is 17.7 Å². The average molecular weight is 665 g/mol. The molecular weight excluding hydrogens is 617 g/mol. The van der Waals surface area contributed by atoms with Gasteiger partial charge in [0, 0.05) is 43.4 Å². The Labute approximate surface area is 289 Å². The third-order valence-corrected chi connectivity index (χ3v) is 9.23. The molecule has 0 bridgehead atoms. The standard InChI is InChI=1S/C40H48N4O3S/c1-5-44(35(29-34-18-13-27-48-34)38(46)42-26-24-30-14-8-6-9-15-30)39(47)36(43(4)37(45)19-12-25-40(2,3)41)28-31-20-22-33(23-21-31)32-16-10-7-11-17-32/h6-23,27,35-36H,5,24-26,28-29,41H2,1-4H3,(H,42,46)/b19-12+/t35-,36-/m1/s1. The summed E-state index contributed by atoms with van der Waals surface area (Å²) in [6.45, 7) is 6.44. The van der Waals surface area contributed by atoms with Crippen LogP contribution in [0.1, 0.15) is 43.2 Å². The third kappa shape index (κ3) is 10.8. The van der Waals surface area contributed by atoms with E-state index in [-0.39, 0.29) is 17.7 Å². The van der Waals surface area contributed by atoms with Crippen LogP contribution in [0.5, 0.6) is 0 Å². The molecule has 0 aliphatic rings. The van der Waals surface area contributed by atoms with Gasteiger partial charge < -0.3 is 20.9 Å². The highest BCUT2D eigenvalue weighted by Gasteiger charge is 2.36. The van der Waals surface area contributed by atoms with E-state index in [4.69, 9.17) is 5.73 Å². The molecule has 0 aliphatic carbocycles. The lowest BCUT2D eigenvalue weighted by Crippen LogP contribution is -2.57. The van der Waals surface area contributed by atoms with Crippen LogP contribution in [-0.2, 0) is 33.6 Å². The Balaban J connectivity index is 1.61. The molecule has 0 saturated heterocycles. The molecule has 3 aromatic carbocycles. The maximum atomic E-state index is 14.6. The second-order valence-electron chi connectivity index (χ2n) is 12.8. The number of benzene rings is 3. The number of hydrogen-bond acceptors (Lipinski definition) is 5. The molecule has 0 saturated carbocycles. The van der Waals surface area contributed by atoms with Gasteiger partial charge in [0.1, 0.15) is 12.1 Å². The highest BCUT2D eigenvalue weighted by atomic mass is 32.1. The zero-order valence-electron chi connectivity index (χ0n) is 28.5. The summed E-state index contributed by atoms with van der Waals surface area (Å²) < 4.78 is 0. The number of likely N-dealkylation sites (N-methyl/N-ethyl adjacent to an activating group) is 2. The van der Waals surface area contributed by atoms with Crippen LogP contribution in [0.4, 0.5) is 0 Å². The Morgan fingerprint density at radius 2 is 1.48 bits per heavy atom. The van der Waals surface area contributed by atoms with Gasteiger partial charge in [-0.2, -0.15) is 0 Å². The van der Waals surface area contributed by atoms with E-state index in [1.54, 1.807) is 29.4 Å². The molecule has 252 valence electrons. The summed E-state index contributed by atoms with van der Waals surface area (Å²) in [6.07, 6.45) is 5.12. The summed E-state index contributed by atoms with van der Waals surface area (Å²) in [5, 5.41) is 5.06. The number of hydrogen-bond donors (Lipinski definition) is 2. The van der Waals surface area contributed by atoms with Crippen LogP contribution < -0.4 is 11.1 Å². The molecule has 0 radical (unpaired) electrons. The molecule has 4 rings (SSSR count). The zero-order valence-corrected chi connectivity index (χ0v) is 29.3. The summed E-state index contributed by atoms with van der Waals surface area (Å²) >= 11 is 1.56. The van der Waals surface area contributed by atoms with Crippen LogP contribution in [0.25, 0.3) is 11.1 Å². The monoisotopic (exact) mass is 664 g/mol. The van der Waals surface area contributed by atoms with Crippen molar-refractivity contribution in [3.63, 3.8) is 0 Å². The number of rotatable bonds is 16. The van der Waals surface area contributed by atoms with Gasteiger partial charge >= 0.3 is 0 Å². The number of nitrogens with zero attached hydrogens (tertiary/aromatic N) is 2. The first-order valence-corrected chi connectivity index (χ1v) is 17.4. The summed E-state index contributed by atoms with van der Waals surface area (Å²) in [5.41, 5.74) is 9.87. The Bertz CT molecular complexity index is 1610. The number of nitrogens with two attached hydrogens (primary N) is 1. The van der Waals surface area contributed by atoms with Gasteiger partial charge in [0.25, 0.3) is 0 Å². The lowest BCUT2D eigenvalue weighted by atomic mass is 9.98. The normalized spacial score (nSPS) is 12.8. The van der Waals surface area contributed by atoms with Crippen LogP contribution in [0.15, 0.2) is 115 Å². The van der Waals surface area contributed by atoms with Crippen molar-refractivity contribution in [1.29, 1.82) is 0 Å². The fraction of sp³-hybridized carbons (Fsp3) is 0.325. The van der Waals surface area contributed by atoms with Crippen molar-refractivity contribution in [2.24, 2.45) is 5.73 Å². The highest BCUT2D eigenvalue weighted by Crippen LogP contribution is 2.22. The third-order valence-electron chi connectivity index (χ3n) is 8.33. The highest BCUT2D eigenvalue weighted by molar-refractivity contribution is 7.09. The fourth-order valence-electron chi connectivity index (χ4n) is 5.59. The van der Waals surface area contributed by atoms with E-state index in [2.05, 4.69) is 17.4 Å². The van der Waals surface area contributed by atoms with Crippen molar-refractivity contribution in [3.05, 3.63) is 131 Å². The number of amides is 3. The lowest BCUT2D eigenvalue weighted by Gasteiger charge is -2.36. The van der Waals surface area contributed by atoms with E-state index < -0.39 is 17.6 Å². The lowest BCUT2D eigenvalue weighted by molar-refractivity contribution is -0.147. The molecule has 3 amide bonds. The minimum atomic E-state index is -0.835. The maximum Gasteiger partial charge on any atom is 0.246 e. The molecule has 0 aliphatic heterocycles. The van der Waals surface area contributed by atoms with Crippen LogP contribution in [-0.4, -0.2) is 65.3 Å². The van der Waals surface area contributed by atoms with Gasteiger partial charge in [-0.15, -0.1) is 11.3 Å². The smallest absolute Gasteiger partial charge is 0.246 e. The summed E-state index contributed by atoms with van der Waals surface area (Å²) in [4.78, 5) is 46.1. The van der Waals surface area contributed by atoms with Gasteiger partial charge in [-0.1, -0.05) is 97.1 Å². The van der Waals surface area contributed by atoms with Crippen LogP contribution >= 0.6 is 11.3 Å². The molecule has 7 nitrogen and oxygen atoms in total. The van der Waals surface area contributed by atoms with Crippen molar-refractivity contribution in [2.75, 3.05) is 20.1 Å². The SMILES string of the molecule is CCN(C(=O)[C@@H](Cc1ccc(-c2ccccc2)cc1)N(C)C(=O)/C=C/CC(C)(C)N)[C@H](Cc1cccs1)C(=O)NCCc1ccccc1. The van der Waals surface area contributed by atoms with E-state index in [9.17, 15) is 14.4 Å². The van der Waals surface area contributed by atoms with Crippen molar-refractivity contribution in [2.45, 2.75) is 64.1 Å². The molecule has 3 N–H and O–H groups in total. The second-order valence-corrected chi connectivity index (χ2v) is 13.8. The van der Waals surface area contributed by atoms with Crippen molar-refractivity contribution in [1.82, 2.24) is 15.1 Å². The summed E-state index contributed by atoms with van der Waals surface area (Å²) in [5.74, 6) is -0.774. The Kier molecular flexibility index (Phi) is 13.3. The van der Waals surface area contributed by atoms with Gasteiger partial charge in [-0.25, -0.2) is 0 Å². The van der Waals surface area contributed by atoms with Crippen LogP contribution in [0.2, 0.25) is 0 Å². The predicted octanol–water partition coefficient (Wildman–Crippen LogP) is 6.29. The van der Waals surface area contributed by atoms with Gasteiger partial charge in [-0.05, 0) is 73.4 Å². The van der Waals surface area contributed by atoms with E-state index in [0.29, 0.717) is 38.8 Å². The molecule has 1 aromatic heterocycles. The molecule has 4 aromatic rings. The van der Waals surface area contributed by atoms with Crippen LogP contribution in [0.3, 0.4) is 0 Å². The van der Waals surface area contributed by atoms with Gasteiger partial charge in [-0.3, -0.25) is 14.4 Å². The van der Waals surface area contributed by atoms with Gasteiger partial charge in [0.05, 0.1) is 0 Å². The Morgan fingerprint density at radius 3 is 2.08 bits per heavy atom. The molecule has 8 heteroatoms. The molecular formula is C40H48N4O3S. The van der Waals surface area contributed by atoms with Crippen molar-refractivity contribution >= 4 is 29.1 Å². The Hall–Kier alpha value is -4.53. The van der Waals surface area contributed by atoms with E-state index in [1.165, 1.54) is 11.0 Å². The fourth-order valence-corrected chi connectivity index (χ4v) is 6.33. The van der Waals surface area contributed by atoms with Crippen molar-refractivity contribution in [3.8, 4) is 11.1 Å². The number of carbonyl (C=O) groups excluding carboxylic acids is 3. The molecule has 1 heterocycles. The van der Waals surface area contributed by atoms with Gasteiger partial charge in [0.15, 0.2) is 0 Å². The van der Waals surface area contributed by atoms with E-state index in [0.717, 1.165) is 27.1 Å². The number of nitrogens with one attached hydrogen (secondary N) is 1. The van der Waals surface area contributed by atoms with E-state index >= 15 is 0 Å². The quantitative estimate of drug-likeness (QED) is 0.138. The first-order chi connectivity index (χ1) is 23.1. The summed E-state index contributed by atoms with van der Waals surface area (Å²) in [7, 11) is 1.66. The first-order valence-electron chi connectivity index (χ1n) is 16.6. The zero-order chi connectivity index (χ0) is 34.5. The molecule has 0 fully saturated rings. The predicted molar refractivity (Wildman–Crippen MR) is 197 cm³/mol. The molecule has 48 heavy (non-hydrogen) atoms. The van der Waals surface area contributed by atoms with Crippen molar-refractivity contribution < 1.29 is 14.4 Å². The number of thiophene rings is 1. The van der Waals surface area contributed by atoms with Crippen LogP contribution in [0, 0.1) is 0 Å². The minimum Gasteiger partial charge on any atom is -0.354 e. The van der Waals surface area contributed by atoms with E-state index in [1.807, 2.05) is 111 Å². The number of carbonyl (C=O) groups is 3. The molecule has 0 unspecified atom stereocenters. The average Bonchev–Trinajstić information content (AvgIpc) is 3.60. The molecule has 0 spiro atoms.